The number of rotatable bonds is 4. The third-order valence-electron chi connectivity index (χ3n) is 2.55. The molecule has 1 heterocycles. The topological polar surface area (TPSA) is 140 Å². The zero-order chi connectivity index (χ0) is 15.4. The van der Waals surface area contributed by atoms with Gasteiger partial charge in [0.25, 0.3) is 0 Å². The molecule has 9 heteroatoms. The van der Waals surface area contributed by atoms with Crippen LogP contribution in [0.4, 0.5) is 11.6 Å². The molecule has 106 valence electrons. The largest absolute Gasteiger partial charge is 0.432 e. The van der Waals surface area contributed by atoms with Gasteiger partial charge in [-0.2, -0.15) is 10.2 Å². The minimum Gasteiger partial charge on any atom is -0.432 e. The Morgan fingerprint density at radius 2 is 2.14 bits per heavy atom. The van der Waals surface area contributed by atoms with Crippen LogP contribution in [0.1, 0.15) is 11.3 Å². The van der Waals surface area contributed by atoms with Crippen LogP contribution in [0.25, 0.3) is 0 Å². The molecule has 2 rings (SSSR count). The summed E-state index contributed by atoms with van der Waals surface area (Å²) in [5.41, 5.74) is 2.13. The van der Waals surface area contributed by atoms with E-state index in [1.54, 1.807) is 12.1 Å². The zero-order valence-electron chi connectivity index (χ0n) is 10.9. The van der Waals surface area contributed by atoms with Gasteiger partial charge in [0.15, 0.2) is 0 Å². The molecule has 1 aromatic carbocycles. The molecule has 0 bridgehead atoms. The van der Waals surface area contributed by atoms with E-state index >= 15 is 0 Å². The lowest BCUT2D eigenvalue weighted by atomic mass is 10.2. The first-order valence-electron chi connectivity index (χ1n) is 5.73. The zero-order valence-corrected chi connectivity index (χ0v) is 10.9. The van der Waals surface area contributed by atoms with Crippen LogP contribution < -0.4 is 16.0 Å². The molecule has 3 N–H and O–H groups in total. The number of nitrogens with zero attached hydrogens (tertiary/aromatic N) is 4. The summed E-state index contributed by atoms with van der Waals surface area (Å²) in [6.07, 6.45) is 0. The molecule has 0 unspecified atom stereocenters. The van der Waals surface area contributed by atoms with Gasteiger partial charge in [0.2, 0.25) is 5.95 Å². The summed E-state index contributed by atoms with van der Waals surface area (Å²) in [5, 5.41) is 20.1. The summed E-state index contributed by atoms with van der Waals surface area (Å²) in [5.74, 6) is 5.05. The third kappa shape index (κ3) is 2.85. The molecule has 0 amide bonds. The normalized spacial score (nSPS) is 9.76. The van der Waals surface area contributed by atoms with E-state index < -0.39 is 4.92 Å². The van der Waals surface area contributed by atoms with Crippen LogP contribution in [-0.2, 0) is 0 Å². The van der Waals surface area contributed by atoms with Crippen molar-refractivity contribution in [3.63, 3.8) is 0 Å². The van der Waals surface area contributed by atoms with Gasteiger partial charge in [0.05, 0.1) is 10.5 Å². The van der Waals surface area contributed by atoms with Crippen molar-refractivity contribution in [3.05, 3.63) is 45.6 Å². The molecule has 1 aromatic heterocycles. The number of hydrazine groups is 1. The standard InChI is InChI=1S/C12H10N6O3/c1-7-10(18(19)20)11(16-12(15-7)17-14)21-9-5-3-2-4-8(9)6-13/h2-5H,14H2,1H3,(H,15,16,17). The maximum absolute atomic E-state index is 11.1. The second-order valence-electron chi connectivity index (χ2n) is 3.90. The Balaban J connectivity index is 2.55. The van der Waals surface area contributed by atoms with Crippen molar-refractivity contribution in [2.75, 3.05) is 5.43 Å². The van der Waals surface area contributed by atoms with Gasteiger partial charge in [-0.1, -0.05) is 12.1 Å². The highest BCUT2D eigenvalue weighted by molar-refractivity contribution is 5.52. The molecule has 0 radical (unpaired) electrons. The van der Waals surface area contributed by atoms with Crippen molar-refractivity contribution in [1.29, 1.82) is 5.26 Å². The van der Waals surface area contributed by atoms with Gasteiger partial charge < -0.3 is 4.74 Å². The van der Waals surface area contributed by atoms with Crippen molar-refractivity contribution in [2.45, 2.75) is 6.92 Å². The predicted molar refractivity (Wildman–Crippen MR) is 72.5 cm³/mol. The molecular formula is C12H10N6O3. The highest BCUT2D eigenvalue weighted by Gasteiger charge is 2.24. The fourth-order valence-electron chi connectivity index (χ4n) is 1.64. The van der Waals surface area contributed by atoms with Crippen molar-refractivity contribution in [3.8, 4) is 17.7 Å². The third-order valence-corrected chi connectivity index (χ3v) is 2.55. The first-order valence-corrected chi connectivity index (χ1v) is 5.73. The smallest absolute Gasteiger partial charge is 0.352 e. The SMILES string of the molecule is Cc1nc(NN)nc(Oc2ccccc2C#N)c1[N+](=O)[O-]. The van der Waals surface area contributed by atoms with Gasteiger partial charge in [-0.3, -0.25) is 15.5 Å². The quantitative estimate of drug-likeness (QED) is 0.491. The van der Waals surface area contributed by atoms with Crippen LogP contribution in [-0.4, -0.2) is 14.9 Å². The van der Waals surface area contributed by atoms with Crippen LogP contribution in [0.5, 0.6) is 11.6 Å². The number of nitro groups is 1. The van der Waals surface area contributed by atoms with E-state index in [0.29, 0.717) is 0 Å². The molecule has 9 nitrogen and oxygen atoms in total. The van der Waals surface area contributed by atoms with Crippen LogP contribution in [0, 0.1) is 28.4 Å². The number of anilines is 1. The Bertz CT molecular complexity index is 740. The summed E-state index contributed by atoms with van der Waals surface area (Å²) in [4.78, 5) is 18.1. The van der Waals surface area contributed by atoms with Crippen molar-refractivity contribution in [2.24, 2.45) is 5.84 Å². The fourth-order valence-corrected chi connectivity index (χ4v) is 1.64. The molecule has 0 spiro atoms. The molecule has 0 atom stereocenters. The molecule has 0 aliphatic carbocycles. The van der Waals surface area contributed by atoms with Gasteiger partial charge in [-0.15, -0.1) is 0 Å². The number of ether oxygens (including phenoxy) is 1. The highest BCUT2D eigenvalue weighted by atomic mass is 16.6. The van der Waals surface area contributed by atoms with Gasteiger partial charge in [-0.05, 0) is 19.1 Å². The first-order chi connectivity index (χ1) is 10.1. The lowest BCUT2D eigenvalue weighted by Gasteiger charge is -2.09. The number of hydrogen-bond donors (Lipinski definition) is 2. The van der Waals surface area contributed by atoms with Crippen LogP contribution in [0.15, 0.2) is 24.3 Å². The number of nitrogens with two attached hydrogens (primary N) is 1. The molecule has 0 fully saturated rings. The van der Waals surface area contributed by atoms with Crippen LogP contribution in [0.3, 0.4) is 0 Å². The van der Waals surface area contributed by atoms with Gasteiger partial charge in [0.1, 0.15) is 17.5 Å². The summed E-state index contributed by atoms with van der Waals surface area (Å²) in [6.45, 7) is 1.43. The van der Waals surface area contributed by atoms with Crippen molar-refractivity contribution >= 4 is 11.6 Å². The number of hydrogen-bond acceptors (Lipinski definition) is 8. The van der Waals surface area contributed by atoms with Gasteiger partial charge in [0, 0.05) is 0 Å². The number of aromatic nitrogens is 2. The Kier molecular flexibility index (Phi) is 3.92. The number of nitriles is 1. The van der Waals surface area contributed by atoms with E-state index in [-0.39, 0.29) is 34.5 Å². The summed E-state index contributed by atoms with van der Waals surface area (Å²) >= 11 is 0. The molecule has 0 saturated carbocycles. The van der Waals surface area contributed by atoms with E-state index in [4.69, 9.17) is 15.8 Å². The fraction of sp³-hybridized carbons (Fsp3) is 0.0833. The average molecular weight is 286 g/mol. The van der Waals surface area contributed by atoms with E-state index in [1.165, 1.54) is 19.1 Å². The first kappa shape index (κ1) is 14.2. The second-order valence-corrected chi connectivity index (χ2v) is 3.90. The van der Waals surface area contributed by atoms with E-state index in [9.17, 15) is 10.1 Å². The molecule has 21 heavy (non-hydrogen) atoms. The minimum atomic E-state index is -0.653. The van der Waals surface area contributed by atoms with Crippen LogP contribution >= 0.6 is 0 Å². The average Bonchev–Trinajstić information content (AvgIpc) is 2.46. The van der Waals surface area contributed by atoms with Crippen molar-refractivity contribution in [1.82, 2.24) is 9.97 Å². The lowest BCUT2D eigenvalue weighted by molar-refractivity contribution is -0.386. The van der Waals surface area contributed by atoms with Crippen LogP contribution in [0.2, 0.25) is 0 Å². The van der Waals surface area contributed by atoms with Crippen molar-refractivity contribution < 1.29 is 9.66 Å². The van der Waals surface area contributed by atoms with Gasteiger partial charge >= 0.3 is 11.6 Å². The summed E-state index contributed by atoms with van der Waals surface area (Å²) in [6, 6.07) is 8.25. The molecule has 0 aliphatic rings. The maximum Gasteiger partial charge on any atom is 0.352 e. The highest BCUT2D eigenvalue weighted by Crippen LogP contribution is 2.33. The summed E-state index contributed by atoms with van der Waals surface area (Å²) in [7, 11) is 0. The monoisotopic (exact) mass is 286 g/mol. The predicted octanol–water partition coefficient (Wildman–Crippen LogP) is 1.64. The summed E-state index contributed by atoms with van der Waals surface area (Å²) < 4.78 is 5.41. The number of aryl methyl sites for hydroxylation is 1. The maximum atomic E-state index is 11.1. The molecular weight excluding hydrogens is 276 g/mol. The number of para-hydroxylation sites is 1. The van der Waals surface area contributed by atoms with E-state index in [2.05, 4.69) is 15.4 Å². The Morgan fingerprint density at radius 3 is 2.76 bits per heavy atom. The Hall–Kier alpha value is -3.25. The number of nitrogen functional groups attached to an aromatic ring is 1. The lowest BCUT2D eigenvalue weighted by Crippen LogP contribution is -2.12. The Labute approximate surface area is 119 Å². The molecule has 0 aliphatic heterocycles. The molecule has 2 aromatic rings. The molecule has 0 saturated heterocycles. The number of nitrogens with one attached hydrogen (secondary N) is 1. The van der Waals surface area contributed by atoms with E-state index in [0.717, 1.165) is 0 Å². The van der Waals surface area contributed by atoms with E-state index in [1.807, 2.05) is 6.07 Å². The second kappa shape index (κ2) is 5.81. The number of benzene rings is 1. The minimum absolute atomic E-state index is 0.0254. The Morgan fingerprint density at radius 1 is 1.43 bits per heavy atom. The van der Waals surface area contributed by atoms with Gasteiger partial charge in [-0.25, -0.2) is 10.8 Å².